The summed E-state index contributed by atoms with van der Waals surface area (Å²) in [7, 11) is 0. The van der Waals surface area contributed by atoms with Gasteiger partial charge in [0, 0.05) is 54.6 Å². The monoisotopic (exact) mass is 899 g/mol. The second-order valence-electron chi connectivity index (χ2n) is 19.3. The fraction of sp³-hybridized carbons (Fsp3) is 0.0147. The Morgan fingerprint density at radius 1 is 0.296 bits per heavy atom. The molecule has 0 bridgehead atoms. The van der Waals surface area contributed by atoms with E-state index in [1.54, 1.807) is 0 Å². The molecule has 0 saturated carbocycles. The predicted molar refractivity (Wildman–Crippen MR) is 295 cm³/mol. The quantitative estimate of drug-likeness (QED) is 0.161. The molecule has 0 atom stereocenters. The molecule has 0 amide bonds. The first-order valence-electron chi connectivity index (χ1n) is 24.6. The molecule has 328 valence electrons. The highest BCUT2D eigenvalue weighted by atomic mass is 15.0. The van der Waals surface area contributed by atoms with Gasteiger partial charge in [-0.3, -0.25) is 0 Å². The van der Waals surface area contributed by atoms with Gasteiger partial charge >= 0.3 is 0 Å². The van der Waals surface area contributed by atoms with Crippen LogP contribution in [0.15, 0.2) is 249 Å². The van der Waals surface area contributed by atoms with E-state index in [-0.39, 0.29) is 0 Å². The van der Waals surface area contributed by atoms with Crippen LogP contribution in [-0.2, 0) is 5.41 Å². The summed E-state index contributed by atoms with van der Waals surface area (Å²) in [4.78, 5) is 5.56. The Morgan fingerprint density at radius 2 is 0.803 bits per heavy atom. The number of benzene rings is 11. The predicted octanol–water partition coefficient (Wildman–Crippen LogP) is 17.3. The van der Waals surface area contributed by atoms with Crippen LogP contribution in [0.3, 0.4) is 0 Å². The number of aromatic nitrogens is 3. The lowest BCUT2D eigenvalue weighted by molar-refractivity contribution is 0.794. The van der Waals surface area contributed by atoms with Crippen molar-refractivity contribution in [1.82, 2.24) is 14.1 Å². The lowest BCUT2D eigenvalue weighted by atomic mass is 9.70. The highest BCUT2D eigenvalue weighted by molar-refractivity contribution is 6.20. The molecule has 3 aromatic heterocycles. The first-order chi connectivity index (χ1) is 35.2. The Balaban J connectivity index is 0.880. The molecule has 1 spiro atoms. The second-order valence-corrected chi connectivity index (χ2v) is 19.3. The van der Waals surface area contributed by atoms with Crippen molar-refractivity contribution in [2.75, 3.05) is 0 Å². The summed E-state index contributed by atoms with van der Waals surface area (Å²) in [6.45, 7) is 0. The zero-order valence-electron chi connectivity index (χ0n) is 38.5. The molecule has 16 rings (SSSR count). The van der Waals surface area contributed by atoms with E-state index in [1.165, 1.54) is 116 Å². The van der Waals surface area contributed by atoms with Crippen molar-refractivity contribution < 1.29 is 0 Å². The molecule has 3 heteroatoms. The standard InChI is InChI=1S/C68H41N3/c1-2-18-45(19-3-1)70-61-31-14-8-23-49(61)54-40-42(33-37-63(54)70)43-34-38-64-55(41-43)50-24-9-15-32-62(50)71(64)46-20-16-17-44(39-46)67-53-35-36-59-66(65(53)52-26-7-13-30-60(52)69-67)51-25-6-12-29-58(51)68(59)56-27-10-4-21-47(56)48-22-5-11-28-57(48)68/h1-41H. The van der Waals surface area contributed by atoms with Gasteiger partial charge in [0.15, 0.2) is 0 Å². The van der Waals surface area contributed by atoms with E-state index in [1.807, 2.05) is 0 Å². The molecule has 2 aliphatic carbocycles. The summed E-state index contributed by atoms with van der Waals surface area (Å²) in [6, 6.07) is 92.0. The highest BCUT2D eigenvalue weighted by Crippen LogP contribution is 2.64. The molecule has 0 unspecified atom stereocenters. The van der Waals surface area contributed by atoms with Gasteiger partial charge in [0.05, 0.1) is 38.7 Å². The smallest absolute Gasteiger partial charge is 0.0789 e. The van der Waals surface area contributed by atoms with Crippen LogP contribution in [0.1, 0.15) is 22.3 Å². The zero-order chi connectivity index (χ0) is 46.4. The van der Waals surface area contributed by atoms with Gasteiger partial charge in [-0.2, -0.15) is 0 Å². The third-order valence-electron chi connectivity index (χ3n) is 15.9. The SMILES string of the molecule is c1ccc(-n2c3ccccc3c3cc(-c4ccc5c(c4)c4ccccc4n5-c4cccc(-c5nc6ccccc6c6c7c(ccc56)C5(c6ccccc6-c6ccccc65)c5ccccc5-7)c4)ccc32)cc1. The van der Waals surface area contributed by atoms with Crippen molar-refractivity contribution in [3.05, 3.63) is 271 Å². The molecule has 0 N–H and O–H groups in total. The van der Waals surface area contributed by atoms with Crippen molar-refractivity contribution in [3.63, 3.8) is 0 Å². The second kappa shape index (κ2) is 14.4. The van der Waals surface area contributed by atoms with Crippen molar-refractivity contribution >= 4 is 65.3 Å². The van der Waals surface area contributed by atoms with Gasteiger partial charge in [0.2, 0.25) is 0 Å². The van der Waals surface area contributed by atoms with Crippen LogP contribution in [0.4, 0.5) is 0 Å². The average molecular weight is 900 g/mol. The number of pyridine rings is 1. The summed E-state index contributed by atoms with van der Waals surface area (Å²) >= 11 is 0. The largest absolute Gasteiger partial charge is 0.309 e. The maximum atomic E-state index is 5.56. The topological polar surface area (TPSA) is 22.8 Å². The first kappa shape index (κ1) is 38.6. The number of para-hydroxylation sites is 4. The van der Waals surface area contributed by atoms with Gasteiger partial charge < -0.3 is 9.13 Å². The van der Waals surface area contributed by atoms with Gasteiger partial charge in [-0.05, 0) is 122 Å². The summed E-state index contributed by atoms with van der Waals surface area (Å²) < 4.78 is 4.82. The van der Waals surface area contributed by atoms with Crippen molar-refractivity contribution in [3.8, 4) is 56.0 Å². The van der Waals surface area contributed by atoms with Gasteiger partial charge in [0.1, 0.15) is 0 Å². The zero-order valence-corrected chi connectivity index (χ0v) is 38.5. The van der Waals surface area contributed by atoms with Gasteiger partial charge in [-0.15, -0.1) is 0 Å². The molecule has 0 saturated heterocycles. The molecule has 2 aliphatic rings. The Morgan fingerprint density at radius 3 is 1.46 bits per heavy atom. The van der Waals surface area contributed by atoms with Crippen LogP contribution in [0.5, 0.6) is 0 Å². The van der Waals surface area contributed by atoms with Gasteiger partial charge in [-0.25, -0.2) is 4.98 Å². The van der Waals surface area contributed by atoms with E-state index in [2.05, 4.69) is 258 Å². The third-order valence-corrected chi connectivity index (χ3v) is 15.9. The Hall–Kier alpha value is -9.31. The average Bonchev–Trinajstić information content (AvgIpc) is 4.15. The van der Waals surface area contributed by atoms with Crippen molar-refractivity contribution in [1.29, 1.82) is 0 Å². The minimum absolute atomic E-state index is 0.427. The summed E-state index contributed by atoms with van der Waals surface area (Å²) in [6.07, 6.45) is 0. The molecule has 0 fully saturated rings. The molecule has 11 aromatic carbocycles. The van der Waals surface area contributed by atoms with Gasteiger partial charge in [-0.1, -0.05) is 182 Å². The Bertz CT molecular complexity index is 4540. The number of nitrogens with zero attached hydrogens (tertiary/aromatic N) is 3. The normalized spacial score (nSPS) is 13.2. The van der Waals surface area contributed by atoms with Crippen LogP contribution in [0, 0.1) is 0 Å². The molecule has 0 aliphatic heterocycles. The molecule has 71 heavy (non-hydrogen) atoms. The third kappa shape index (κ3) is 5.14. The molecule has 3 nitrogen and oxygen atoms in total. The van der Waals surface area contributed by atoms with Crippen LogP contribution >= 0.6 is 0 Å². The minimum atomic E-state index is -0.427. The van der Waals surface area contributed by atoms with Crippen molar-refractivity contribution in [2.45, 2.75) is 5.41 Å². The van der Waals surface area contributed by atoms with Crippen molar-refractivity contribution in [2.24, 2.45) is 0 Å². The van der Waals surface area contributed by atoms with Crippen LogP contribution in [0.25, 0.3) is 121 Å². The highest BCUT2D eigenvalue weighted by Gasteiger charge is 2.52. The fourth-order valence-corrected chi connectivity index (χ4v) is 13.1. The molecule has 3 heterocycles. The fourth-order valence-electron chi connectivity index (χ4n) is 13.1. The van der Waals surface area contributed by atoms with E-state index >= 15 is 0 Å². The molecule has 0 radical (unpaired) electrons. The number of hydrogen-bond acceptors (Lipinski definition) is 1. The Kier molecular flexibility index (Phi) is 7.82. The maximum Gasteiger partial charge on any atom is 0.0789 e. The molecular weight excluding hydrogens is 859 g/mol. The van der Waals surface area contributed by atoms with Crippen LogP contribution in [-0.4, -0.2) is 14.1 Å². The van der Waals surface area contributed by atoms with Gasteiger partial charge in [0.25, 0.3) is 0 Å². The van der Waals surface area contributed by atoms with E-state index in [0.29, 0.717) is 0 Å². The molecule has 14 aromatic rings. The number of rotatable bonds is 4. The lowest BCUT2D eigenvalue weighted by Crippen LogP contribution is -2.25. The van der Waals surface area contributed by atoms with E-state index in [0.717, 1.165) is 27.8 Å². The molecular formula is C68H41N3. The van der Waals surface area contributed by atoms with E-state index < -0.39 is 5.41 Å². The Labute approximate surface area is 409 Å². The maximum absolute atomic E-state index is 5.56. The van der Waals surface area contributed by atoms with E-state index in [4.69, 9.17) is 4.98 Å². The summed E-state index contributed by atoms with van der Waals surface area (Å²) in [5.41, 5.74) is 22.7. The van der Waals surface area contributed by atoms with Crippen LogP contribution in [0.2, 0.25) is 0 Å². The number of fused-ring (bicyclic) bond motifs is 20. The summed E-state index contributed by atoms with van der Waals surface area (Å²) in [5, 5.41) is 8.53. The summed E-state index contributed by atoms with van der Waals surface area (Å²) in [5.74, 6) is 0. The first-order valence-corrected chi connectivity index (χ1v) is 24.6. The van der Waals surface area contributed by atoms with Crippen LogP contribution < -0.4 is 0 Å². The minimum Gasteiger partial charge on any atom is -0.309 e. The number of hydrogen-bond donors (Lipinski definition) is 0. The van der Waals surface area contributed by atoms with E-state index in [9.17, 15) is 0 Å². The lowest BCUT2D eigenvalue weighted by Gasteiger charge is -2.30.